The van der Waals surface area contributed by atoms with Crippen molar-refractivity contribution in [2.45, 2.75) is 40.7 Å². The second-order valence-electron chi connectivity index (χ2n) is 6.70. The third kappa shape index (κ3) is 5.81. The van der Waals surface area contributed by atoms with Crippen molar-refractivity contribution in [3.05, 3.63) is 53.9 Å². The Morgan fingerprint density at radius 1 is 1.14 bits per heavy atom. The molecule has 150 valence electrons. The van der Waals surface area contributed by atoms with Gasteiger partial charge in [-0.1, -0.05) is 6.07 Å². The van der Waals surface area contributed by atoms with Crippen molar-refractivity contribution < 1.29 is 9.59 Å². The normalized spacial score (nSPS) is 10.4. The maximum absolute atomic E-state index is 12.2. The Balaban J connectivity index is 2.01. The van der Waals surface area contributed by atoms with Gasteiger partial charge in [0, 0.05) is 63.3 Å². The second-order valence-corrected chi connectivity index (χ2v) is 6.70. The Morgan fingerprint density at radius 2 is 1.89 bits per heavy atom. The van der Waals surface area contributed by atoms with E-state index in [4.69, 9.17) is 0 Å². The number of carbonyl (C=O) groups is 2. The van der Waals surface area contributed by atoms with Crippen LogP contribution in [0.3, 0.4) is 0 Å². The van der Waals surface area contributed by atoms with Gasteiger partial charge in [-0.05, 0) is 56.2 Å². The summed E-state index contributed by atoms with van der Waals surface area (Å²) in [5.74, 6) is -0.161. The first kappa shape index (κ1) is 21.4. The van der Waals surface area contributed by atoms with E-state index in [1.165, 1.54) is 6.92 Å². The maximum atomic E-state index is 12.2. The molecule has 1 aromatic heterocycles. The first-order chi connectivity index (χ1) is 13.5. The molecule has 0 atom stereocenters. The summed E-state index contributed by atoms with van der Waals surface area (Å²) in [4.78, 5) is 32.4. The zero-order valence-corrected chi connectivity index (χ0v) is 17.2. The molecule has 2 amide bonds. The van der Waals surface area contributed by atoms with Crippen LogP contribution >= 0.6 is 0 Å². The van der Waals surface area contributed by atoms with Crippen LogP contribution in [0.2, 0.25) is 0 Å². The number of benzene rings is 1. The monoisotopic (exact) mass is 382 g/mol. The van der Waals surface area contributed by atoms with Crippen LogP contribution in [0.25, 0.3) is 0 Å². The van der Waals surface area contributed by atoms with Gasteiger partial charge in [-0.15, -0.1) is 0 Å². The van der Waals surface area contributed by atoms with Crippen molar-refractivity contribution in [1.82, 2.24) is 10.3 Å². The van der Waals surface area contributed by atoms with Gasteiger partial charge in [0.2, 0.25) is 11.8 Å². The number of nitrogens with one attached hydrogen (secondary N) is 1. The predicted octanol–water partition coefficient (Wildman–Crippen LogP) is 3.30. The number of anilines is 2. The number of amides is 2. The number of hydrogen-bond acceptors (Lipinski definition) is 4. The maximum Gasteiger partial charge on any atom is 0.223 e. The summed E-state index contributed by atoms with van der Waals surface area (Å²) in [6.07, 6.45) is 3.67. The highest BCUT2D eigenvalue weighted by Gasteiger charge is 2.16. The number of nitrogens with zero attached hydrogens (tertiary/aromatic N) is 3. The molecule has 0 saturated carbocycles. The van der Waals surface area contributed by atoms with Crippen LogP contribution in [0.5, 0.6) is 0 Å². The minimum Gasteiger partial charge on any atom is -0.372 e. The van der Waals surface area contributed by atoms with Crippen LogP contribution in [-0.2, 0) is 16.1 Å². The zero-order valence-electron chi connectivity index (χ0n) is 17.2. The summed E-state index contributed by atoms with van der Waals surface area (Å²) < 4.78 is 0. The summed E-state index contributed by atoms with van der Waals surface area (Å²) in [7, 11) is 0. The van der Waals surface area contributed by atoms with E-state index in [-0.39, 0.29) is 18.2 Å². The lowest BCUT2D eigenvalue weighted by molar-refractivity contribution is -0.121. The largest absolute Gasteiger partial charge is 0.372 e. The minimum absolute atomic E-state index is 0.0706. The smallest absolute Gasteiger partial charge is 0.223 e. The number of aryl methyl sites for hydroxylation is 1. The average molecular weight is 383 g/mol. The van der Waals surface area contributed by atoms with Gasteiger partial charge in [0.05, 0.1) is 0 Å². The van der Waals surface area contributed by atoms with Crippen molar-refractivity contribution in [2.75, 3.05) is 29.4 Å². The third-order valence-electron chi connectivity index (χ3n) is 4.75. The van der Waals surface area contributed by atoms with Gasteiger partial charge in [0.25, 0.3) is 0 Å². The van der Waals surface area contributed by atoms with Gasteiger partial charge in [0.15, 0.2) is 0 Å². The molecule has 2 aromatic rings. The molecule has 0 fully saturated rings. The molecule has 0 unspecified atom stereocenters. The topological polar surface area (TPSA) is 65.5 Å². The number of pyridine rings is 1. The quantitative estimate of drug-likeness (QED) is 0.723. The SMILES string of the molecule is CCN(CC)c1ccc(N(CCC(=O)NCc2cccnc2)C(C)=O)c(C)c1. The number of rotatable bonds is 9. The van der Waals surface area contributed by atoms with E-state index in [9.17, 15) is 9.59 Å². The van der Waals surface area contributed by atoms with Crippen molar-refractivity contribution >= 4 is 23.2 Å². The number of aromatic nitrogens is 1. The zero-order chi connectivity index (χ0) is 20.5. The minimum atomic E-state index is -0.0903. The molecular weight excluding hydrogens is 352 g/mol. The summed E-state index contributed by atoms with van der Waals surface area (Å²) in [5.41, 5.74) is 3.96. The highest BCUT2D eigenvalue weighted by molar-refractivity contribution is 5.93. The van der Waals surface area contributed by atoms with Crippen molar-refractivity contribution in [3.8, 4) is 0 Å². The third-order valence-corrected chi connectivity index (χ3v) is 4.75. The Morgan fingerprint density at radius 3 is 2.46 bits per heavy atom. The molecule has 0 aliphatic heterocycles. The van der Waals surface area contributed by atoms with Gasteiger partial charge in [0.1, 0.15) is 0 Å². The Kier molecular flexibility index (Phi) is 7.99. The molecule has 0 bridgehead atoms. The Hall–Kier alpha value is -2.89. The van der Waals surface area contributed by atoms with Gasteiger partial charge in [-0.25, -0.2) is 0 Å². The first-order valence-electron chi connectivity index (χ1n) is 9.75. The molecule has 0 spiro atoms. The van der Waals surface area contributed by atoms with Crippen LogP contribution in [0.15, 0.2) is 42.7 Å². The van der Waals surface area contributed by atoms with Crippen molar-refractivity contribution in [3.63, 3.8) is 0 Å². The molecule has 0 aliphatic rings. The van der Waals surface area contributed by atoms with Gasteiger partial charge < -0.3 is 15.1 Å². The lowest BCUT2D eigenvalue weighted by atomic mass is 10.1. The highest BCUT2D eigenvalue weighted by atomic mass is 16.2. The summed E-state index contributed by atoms with van der Waals surface area (Å²) in [6.45, 7) is 10.4. The van der Waals surface area contributed by atoms with Gasteiger partial charge >= 0.3 is 0 Å². The first-order valence-corrected chi connectivity index (χ1v) is 9.75. The summed E-state index contributed by atoms with van der Waals surface area (Å²) in [5, 5.41) is 2.87. The molecule has 0 radical (unpaired) electrons. The molecule has 2 rings (SSSR count). The summed E-state index contributed by atoms with van der Waals surface area (Å²) in [6, 6.07) is 9.85. The standard InChI is InChI=1S/C22H30N4O2/c1-5-25(6-2)20-9-10-21(17(3)14-20)26(18(4)27)13-11-22(28)24-16-19-8-7-12-23-15-19/h7-10,12,14-15H,5-6,11,13,16H2,1-4H3,(H,24,28). The van der Waals surface area contributed by atoms with Gasteiger partial charge in [-0.2, -0.15) is 0 Å². The lowest BCUT2D eigenvalue weighted by Gasteiger charge is -2.26. The second kappa shape index (κ2) is 10.4. The van der Waals surface area contributed by atoms with E-state index in [1.54, 1.807) is 17.3 Å². The number of hydrogen-bond donors (Lipinski definition) is 1. The molecule has 1 aromatic carbocycles. The average Bonchev–Trinajstić information content (AvgIpc) is 2.69. The summed E-state index contributed by atoms with van der Waals surface area (Å²) >= 11 is 0. The van der Waals surface area contributed by atoms with Crippen LogP contribution < -0.4 is 15.1 Å². The van der Waals surface area contributed by atoms with E-state index in [1.807, 2.05) is 31.2 Å². The fourth-order valence-corrected chi connectivity index (χ4v) is 3.18. The number of carbonyl (C=O) groups excluding carboxylic acids is 2. The van der Waals surface area contributed by atoms with E-state index in [0.717, 1.165) is 35.6 Å². The molecule has 0 saturated heterocycles. The Bertz CT molecular complexity index is 788. The van der Waals surface area contributed by atoms with E-state index >= 15 is 0 Å². The molecule has 1 heterocycles. The van der Waals surface area contributed by atoms with E-state index in [2.05, 4.69) is 35.1 Å². The van der Waals surface area contributed by atoms with Crippen LogP contribution in [-0.4, -0.2) is 36.4 Å². The molecule has 6 nitrogen and oxygen atoms in total. The fraction of sp³-hybridized carbons (Fsp3) is 0.409. The van der Waals surface area contributed by atoms with Crippen LogP contribution in [0, 0.1) is 6.92 Å². The van der Waals surface area contributed by atoms with Crippen LogP contribution in [0.4, 0.5) is 11.4 Å². The van der Waals surface area contributed by atoms with Crippen LogP contribution in [0.1, 0.15) is 38.3 Å². The molecule has 6 heteroatoms. The Labute approximate surface area is 167 Å². The predicted molar refractivity (Wildman–Crippen MR) is 113 cm³/mol. The van der Waals surface area contributed by atoms with Gasteiger partial charge in [-0.3, -0.25) is 14.6 Å². The lowest BCUT2D eigenvalue weighted by Crippen LogP contribution is -2.34. The van der Waals surface area contributed by atoms with Crippen molar-refractivity contribution in [2.24, 2.45) is 0 Å². The van der Waals surface area contributed by atoms with Crippen molar-refractivity contribution in [1.29, 1.82) is 0 Å². The van der Waals surface area contributed by atoms with E-state index < -0.39 is 0 Å². The molecular formula is C22H30N4O2. The fourth-order valence-electron chi connectivity index (χ4n) is 3.18. The molecule has 28 heavy (non-hydrogen) atoms. The highest BCUT2D eigenvalue weighted by Crippen LogP contribution is 2.26. The molecule has 0 aliphatic carbocycles. The molecule has 1 N–H and O–H groups in total. The van der Waals surface area contributed by atoms with E-state index in [0.29, 0.717) is 13.1 Å².